The quantitative estimate of drug-likeness (QED) is 0.695. The first kappa shape index (κ1) is 9.00. The van der Waals surface area contributed by atoms with Gasteiger partial charge in [-0.1, -0.05) is 32.0 Å². The molecule has 0 bridgehead atoms. The van der Waals surface area contributed by atoms with Crippen molar-refractivity contribution in [2.24, 2.45) is 0 Å². The van der Waals surface area contributed by atoms with Gasteiger partial charge in [-0.3, -0.25) is 4.98 Å². The summed E-state index contributed by atoms with van der Waals surface area (Å²) in [6.07, 6.45) is 1.78. The fourth-order valence-electron chi connectivity index (χ4n) is 1.69. The monoisotopic (exact) mass is 186 g/mol. The van der Waals surface area contributed by atoms with E-state index in [4.69, 9.17) is 5.73 Å². The van der Waals surface area contributed by atoms with Crippen LogP contribution in [0.25, 0.3) is 10.9 Å². The van der Waals surface area contributed by atoms with Crippen LogP contribution in [0.3, 0.4) is 0 Å². The molecule has 2 heteroatoms. The van der Waals surface area contributed by atoms with Crippen LogP contribution in [0.1, 0.15) is 25.3 Å². The van der Waals surface area contributed by atoms with Crippen molar-refractivity contribution in [1.82, 2.24) is 4.98 Å². The Bertz CT molecular complexity index is 461. The van der Waals surface area contributed by atoms with Crippen molar-refractivity contribution in [2.75, 3.05) is 5.73 Å². The number of nitrogens with two attached hydrogens (primary N) is 1. The number of nitrogens with zero attached hydrogens (tertiary/aromatic N) is 1. The number of anilines is 1. The third kappa shape index (κ3) is 1.33. The Hall–Kier alpha value is -1.57. The van der Waals surface area contributed by atoms with E-state index in [9.17, 15) is 0 Å². The van der Waals surface area contributed by atoms with Crippen molar-refractivity contribution >= 4 is 16.6 Å². The van der Waals surface area contributed by atoms with E-state index in [1.165, 1.54) is 5.56 Å². The van der Waals surface area contributed by atoms with Crippen molar-refractivity contribution in [3.8, 4) is 0 Å². The lowest BCUT2D eigenvalue weighted by Gasteiger charge is -2.10. The number of rotatable bonds is 1. The van der Waals surface area contributed by atoms with Crippen molar-refractivity contribution in [2.45, 2.75) is 19.8 Å². The number of aromatic nitrogens is 1. The molecule has 0 saturated heterocycles. The standard InChI is InChI=1S/C12H14N2/c1-8(2)10-6-5-9-4-3-7-14-12(9)11(10)13/h3-8H,13H2,1-2H3. The minimum atomic E-state index is 0.446. The first-order valence-electron chi connectivity index (χ1n) is 4.83. The fourth-order valence-corrected chi connectivity index (χ4v) is 1.69. The van der Waals surface area contributed by atoms with Gasteiger partial charge in [0.1, 0.15) is 0 Å². The molecule has 1 aromatic carbocycles. The molecule has 0 saturated carbocycles. The Morgan fingerprint density at radius 2 is 2.00 bits per heavy atom. The van der Waals surface area contributed by atoms with Gasteiger partial charge in [-0.25, -0.2) is 0 Å². The minimum absolute atomic E-state index is 0.446. The van der Waals surface area contributed by atoms with Gasteiger partial charge in [0, 0.05) is 11.6 Å². The van der Waals surface area contributed by atoms with Gasteiger partial charge in [0.2, 0.25) is 0 Å². The molecule has 0 fully saturated rings. The highest BCUT2D eigenvalue weighted by Gasteiger charge is 2.07. The summed E-state index contributed by atoms with van der Waals surface area (Å²) in [6, 6.07) is 8.12. The summed E-state index contributed by atoms with van der Waals surface area (Å²) < 4.78 is 0. The van der Waals surface area contributed by atoms with Crippen LogP contribution >= 0.6 is 0 Å². The van der Waals surface area contributed by atoms with Crippen LogP contribution < -0.4 is 5.73 Å². The molecule has 0 aliphatic rings. The normalized spacial score (nSPS) is 11.1. The van der Waals surface area contributed by atoms with Crippen molar-refractivity contribution in [3.05, 3.63) is 36.0 Å². The zero-order valence-corrected chi connectivity index (χ0v) is 8.49. The fraction of sp³-hybridized carbons (Fsp3) is 0.250. The number of nitrogen functional groups attached to an aromatic ring is 1. The van der Waals surface area contributed by atoms with E-state index < -0.39 is 0 Å². The Morgan fingerprint density at radius 1 is 1.21 bits per heavy atom. The Kier molecular flexibility index (Phi) is 2.12. The second kappa shape index (κ2) is 3.29. The average Bonchev–Trinajstić information content (AvgIpc) is 2.18. The van der Waals surface area contributed by atoms with Gasteiger partial charge < -0.3 is 5.73 Å². The molecule has 2 nitrogen and oxygen atoms in total. The van der Waals surface area contributed by atoms with Gasteiger partial charge in [0.15, 0.2) is 0 Å². The number of pyridine rings is 1. The smallest absolute Gasteiger partial charge is 0.0934 e. The predicted octanol–water partition coefficient (Wildman–Crippen LogP) is 2.94. The third-order valence-electron chi connectivity index (χ3n) is 2.47. The van der Waals surface area contributed by atoms with Crippen molar-refractivity contribution in [1.29, 1.82) is 0 Å². The van der Waals surface area contributed by atoms with Crippen LogP contribution in [0.15, 0.2) is 30.5 Å². The summed E-state index contributed by atoms with van der Waals surface area (Å²) in [4.78, 5) is 4.30. The molecule has 0 atom stereocenters. The molecule has 2 aromatic rings. The molecule has 1 heterocycles. The molecular formula is C12H14N2. The second-order valence-corrected chi connectivity index (χ2v) is 3.80. The van der Waals surface area contributed by atoms with Gasteiger partial charge in [-0.05, 0) is 17.5 Å². The largest absolute Gasteiger partial charge is 0.397 e. The maximum Gasteiger partial charge on any atom is 0.0934 e. The van der Waals surface area contributed by atoms with E-state index in [0.29, 0.717) is 5.92 Å². The van der Waals surface area contributed by atoms with Crippen LogP contribution in [0.4, 0.5) is 5.69 Å². The highest BCUT2D eigenvalue weighted by molar-refractivity contribution is 5.90. The lowest BCUT2D eigenvalue weighted by Crippen LogP contribution is -1.98. The molecule has 1 aromatic heterocycles. The molecule has 14 heavy (non-hydrogen) atoms. The van der Waals surface area contributed by atoms with E-state index in [1.807, 2.05) is 12.1 Å². The molecule has 0 amide bonds. The molecule has 0 spiro atoms. The number of hydrogen-bond donors (Lipinski definition) is 1. The van der Waals surface area contributed by atoms with E-state index in [2.05, 4.69) is 31.0 Å². The summed E-state index contributed by atoms with van der Waals surface area (Å²) >= 11 is 0. The Morgan fingerprint density at radius 3 is 2.71 bits per heavy atom. The highest BCUT2D eigenvalue weighted by Crippen LogP contribution is 2.27. The van der Waals surface area contributed by atoms with Crippen LogP contribution in [-0.2, 0) is 0 Å². The molecule has 72 valence electrons. The lowest BCUT2D eigenvalue weighted by atomic mass is 9.99. The maximum absolute atomic E-state index is 6.06. The molecule has 0 aliphatic heterocycles. The zero-order valence-electron chi connectivity index (χ0n) is 8.49. The van der Waals surface area contributed by atoms with E-state index >= 15 is 0 Å². The minimum Gasteiger partial charge on any atom is -0.397 e. The Labute approximate surface area is 83.8 Å². The number of benzene rings is 1. The van der Waals surface area contributed by atoms with E-state index in [0.717, 1.165) is 16.6 Å². The number of fused-ring (bicyclic) bond motifs is 1. The molecule has 0 aliphatic carbocycles. The molecule has 0 unspecified atom stereocenters. The average molecular weight is 186 g/mol. The van der Waals surface area contributed by atoms with Crippen LogP contribution in [0, 0.1) is 0 Å². The summed E-state index contributed by atoms with van der Waals surface area (Å²) in [6.45, 7) is 4.28. The van der Waals surface area contributed by atoms with Crippen LogP contribution in [-0.4, -0.2) is 4.98 Å². The topological polar surface area (TPSA) is 38.9 Å². The lowest BCUT2D eigenvalue weighted by molar-refractivity contribution is 0.871. The SMILES string of the molecule is CC(C)c1ccc2cccnc2c1N. The first-order valence-corrected chi connectivity index (χ1v) is 4.83. The van der Waals surface area contributed by atoms with Gasteiger partial charge in [0.25, 0.3) is 0 Å². The predicted molar refractivity (Wildman–Crippen MR) is 60.2 cm³/mol. The number of hydrogen-bond acceptors (Lipinski definition) is 2. The van der Waals surface area contributed by atoms with Gasteiger partial charge in [-0.15, -0.1) is 0 Å². The molecule has 2 N–H and O–H groups in total. The molecule has 0 radical (unpaired) electrons. The Balaban J connectivity index is 2.75. The zero-order chi connectivity index (χ0) is 10.1. The molecular weight excluding hydrogens is 172 g/mol. The first-order chi connectivity index (χ1) is 6.70. The van der Waals surface area contributed by atoms with E-state index in [-0.39, 0.29) is 0 Å². The van der Waals surface area contributed by atoms with Crippen molar-refractivity contribution in [3.63, 3.8) is 0 Å². The second-order valence-electron chi connectivity index (χ2n) is 3.80. The van der Waals surface area contributed by atoms with Crippen LogP contribution in [0.5, 0.6) is 0 Å². The van der Waals surface area contributed by atoms with Crippen LogP contribution in [0.2, 0.25) is 0 Å². The summed E-state index contributed by atoms with van der Waals surface area (Å²) in [7, 11) is 0. The maximum atomic E-state index is 6.06. The summed E-state index contributed by atoms with van der Waals surface area (Å²) in [5.74, 6) is 0.446. The van der Waals surface area contributed by atoms with E-state index in [1.54, 1.807) is 6.20 Å². The third-order valence-corrected chi connectivity index (χ3v) is 2.47. The molecule has 2 rings (SSSR count). The van der Waals surface area contributed by atoms with Crippen molar-refractivity contribution < 1.29 is 0 Å². The van der Waals surface area contributed by atoms with Gasteiger partial charge in [0.05, 0.1) is 11.2 Å². The van der Waals surface area contributed by atoms with Gasteiger partial charge in [-0.2, -0.15) is 0 Å². The summed E-state index contributed by atoms with van der Waals surface area (Å²) in [5, 5.41) is 1.11. The summed E-state index contributed by atoms with van der Waals surface area (Å²) in [5.41, 5.74) is 8.97. The highest BCUT2D eigenvalue weighted by atomic mass is 14.7. The van der Waals surface area contributed by atoms with Gasteiger partial charge >= 0.3 is 0 Å².